The highest BCUT2D eigenvalue weighted by molar-refractivity contribution is 5.76. The number of hydrogen-bond acceptors (Lipinski definition) is 3. The van der Waals surface area contributed by atoms with Crippen molar-refractivity contribution in [3.63, 3.8) is 0 Å². The van der Waals surface area contributed by atoms with E-state index >= 15 is 0 Å². The first-order chi connectivity index (χ1) is 9.61. The molecule has 2 atom stereocenters. The second-order valence-electron chi connectivity index (χ2n) is 6.20. The summed E-state index contributed by atoms with van der Waals surface area (Å²) >= 11 is 0. The van der Waals surface area contributed by atoms with Crippen LogP contribution in [0, 0.1) is 23.2 Å². The average Bonchev–Trinajstić information content (AvgIpc) is 2.92. The number of nitriles is 1. The molecule has 0 spiro atoms. The van der Waals surface area contributed by atoms with E-state index in [9.17, 15) is 10.1 Å². The van der Waals surface area contributed by atoms with Gasteiger partial charge < -0.3 is 4.90 Å². The Morgan fingerprint density at radius 1 is 1.35 bits per heavy atom. The highest BCUT2D eigenvalue weighted by Crippen LogP contribution is 2.22. The van der Waals surface area contributed by atoms with Gasteiger partial charge in [0.05, 0.1) is 6.07 Å². The maximum atomic E-state index is 12.2. The first-order valence-corrected chi connectivity index (χ1v) is 7.70. The lowest BCUT2D eigenvalue weighted by Gasteiger charge is -2.38. The van der Waals surface area contributed by atoms with E-state index in [0.717, 1.165) is 39.0 Å². The van der Waals surface area contributed by atoms with Crippen molar-refractivity contribution < 1.29 is 4.79 Å². The molecule has 20 heavy (non-hydrogen) atoms. The smallest absolute Gasteiger partial charge is 0.223 e. The fourth-order valence-corrected chi connectivity index (χ4v) is 3.12. The summed E-state index contributed by atoms with van der Waals surface area (Å²) < 4.78 is 0. The van der Waals surface area contributed by atoms with Crippen LogP contribution >= 0.6 is 0 Å². The molecule has 4 nitrogen and oxygen atoms in total. The van der Waals surface area contributed by atoms with E-state index in [0.29, 0.717) is 18.3 Å². The van der Waals surface area contributed by atoms with Gasteiger partial charge in [-0.05, 0) is 24.7 Å². The molecule has 2 rings (SSSR count). The van der Waals surface area contributed by atoms with Crippen molar-refractivity contribution >= 4 is 5.91 Å². The number of allylic oxidation sites excluding steroid dienone is 2. The van der Waals surface area contributed by atoms with Crippen molar-refractivity contribution in [3.05, 3.63) is 12.2 Å². The van der Waals surface area contributed by atoms with Gasteiger partial charge in [0.15, 0.2) is 0 Å². The van der Waals surface area contributed by atoms with E-state index in [-0.39, 0.29) is 11.9 Å². The normalized spacial score (nSPS) is 24.9. The van der Waals surface area contributed by atoms with Crippen LogP contribution in [0.3, 0.4) is 0 Å². The second kappa shape index (κ2) is 6.90. The van der Waals surface area contributed by atoms with Crippen molar-refractivity contribution in [2.45, 2.75) is 39.2 Å². The minimum atomic E-state index is -0.0231. The zero-order valence-corrected chi connectivity index (χ0v) is 12.6. The summed E-state index contributed by atoms with van der Waals surface area (Å²) in [6.07, 6.45) is 7.25. The molecule has 1 amide bonds. The summed E-state index contributed by atoms with van der Waals surface area (Å²) in [5.74, 6) is 1.06. The van der Waals surface area contributed by atoms with Gasteiger partial charge in [-0.15, -0.1) is 0 Å². The second-order valence-corrected chi connectivity index (χ2v) is 6.20. The third-order valence-corrected chi connectivity index (χ3v) is 4.37. The lowest BCUT2D eigenvalue weighted by Crippen LogP contribution is -2.53. The van der Waals surface area contributed by atoms with Crippen molar-refractivity contribution in [1.82, 2.24) is 9.80 Å². The van der Waals surface area contributed by atoms with Crippen LogP contribution in [0.5, 0.6) is 0 Å². The number of carbonyl (C=O) groups excluding carboxylic acids is 1. The Hall–Kier alpha value is -1.34. The van der Waals surface area contributed by atoms with Gasteiger partial charge in [0.1, 0.15) is 6.04 Å². The number of rotatable bonds is 4. The Balaban J connectivity index is 1.80. The van der Waals surface area contributed by atoms with Crippen LogP contribution in [0.25, 0.3) is 0 Å². The molecule has 0 radical (unpaired) electrons. The Morgan fingerprint density at radius 2 is 2.05 bits per heavy atom. The standard InChI is InChI=1S/C16H25N3O/c1-13(2)15(12-17)18-7-9-19(10-8-18)16(20)11-14-5-3-4-6-14/h3,5,13-15H,4,6-11H2,1-2H3/t14-,15-/m0/s1. The SMILES string of the molecule is CC(C)[C@H](C#N)N1CCN(C(=O)C[C@H]2C=CCC2)CC1. The van der Waals surface area contributed by atoms with E-state index in [2.05, 4.69) is 37.0 Å². The molecular formula is C16H25N3O. The molecule has 1 saturated heterocycles. The highest BCUT2D eigenvalue weighted by Gasteiger charge is 2.28. The van der Waals surface area contributed by atoms with Gasteiger partial charge in [0.2, 0.25) is 5.91 Å². The molecule has 0 bridgehead atoms. The van der Waals surface area contributed by atoms with E-state index in [1.165, 1.54) is 0 Å². The summed E-state index contributed by atoms with van der Waals surface area (Å²) in [6.45, 7) is 7.33. The number of amides is 1. The highest BCUT2D eigenvalue weighted by atomic mass is 16.2. The molecule has 110 valence electrons. The first kappa shape index (κ1) is 15.1. The Kier molecular flexibility index (Phi) is 5.19. The van der Waals surface area contributed by atoms with Crippen LogP contribution in [-0.2, 0) is 4.79 Å². The van der Waals surface area contributed by atoms with Crippen LogP contribution in [0.4, 0.5) is 0 Å². The van der Waals surface area contributed by atoms with Gasteiger partial charge in [0, 0.05) is 32.6 Å². The fraction of sp³-hybridized carbons (Fsp3) is 0.750. The minimum Gasteiger partial charge on any atom is -0.340 e. The maximum Gasteiger partial charge on any atom is 0.223 e. The molecule has 1 fully saturated rings. The minimum absolute atomic E-state index is 0.0231. The lowest BCUT2D eigenvalue weighted by atomic mass is 10.0. The number of nitrogens with zero attached hydrogens (tertiary/aromatic N) is 3. The van der Waals surface area contributed by atoms with Gasteiger partial charge in [0.25, 0.3) is 0 Å². The summed E-state index contributed by atoms with van der Waals surface area (Å²) in [5, 5.41) is 9.23. The van der Waals surface area contributed by atoms with Gasteiger partial charge in [-0.3, -0.25) is 9.69 Å². The summed E-state index contributed by atoms with van der Waals surface area (Å²) in [7, 11) is 0. The predicted octanol–water partition coefficient (Wildman–Crippen LogP) is 2.04. The number of carbonyl (C=O) groups is 1. The van der Waals surface area contributed by atoms with Crippen LogP contribution in [0.15, 0.2) is 12.2 Å². The monoisotopic (exact) mass is 275 g/mol. The van der Waals surface area contributed by atoms with Crippen molar-refractivity contribution in [2.24, 2.45) is 11.8 Å². The molecule has 0 aromatic carbocycles. The van der Waals surface area contributed by atoms with Crippen LogP contribution in [-0.4, -0.2) is 47.9 Å². The predicted molar refractivity (Wildman–Crippen MR) is 78.9 cm³/mol. The van der Waals surface area contributed by atoms with Crippen LogP contribution < -0.4 is 0 Å². The van der Waals surface area contributed by atoms with Gasteiger partial charge in [-0.1, -0.05) is 26.0 Å². The topological polar surface area (TPSA) is 47.3 Å². The Morgan fingerprint density at radius 3 is 2.55 bits per heavy atom. The quantitative estimate of drug-likeness (QED) is 0.738. The van der Waals surface area contributed by atoms with Crippen molar-refractivity contribution in [2.75, 3.05) is 26.2 Å². The Bertz CT molecular complexity index is 402. The van der Waals surface area contributed by atoms with Crippen LogP contribution in [0.2, 0.25) is 0 Å². The van der Waals surface area contributed by atoms with E-state index in [4.69, 9.17) is 0 Å². The molecule has 0 unspecified atom stereocenters. The molecule has 1 aliphatic carbocycles. The first-order valence-electron chi connectivity index (χ1n) is 7.70. The third kappa shape index (κ3) is 3.61. The molecule has 0 aromatic rings. The molecule has 0 N–H and O–H groups in total. The lowest BCUT2D eigenvalue weighted by molar-refractivity contribution is -0.133. The molecule has 0 saturated carbocycles. The summed E-state index contributed by atoms with van der Waals surface area (Å²) in [6, 6.07) is 2.36. The molecule has 2 aliphatic rings. The van der Waals surface area contributed by atoms with Crippen molar-refractivity contribution in [1.29, 1.82) is 5.26 Å². The molecule has 1 aliphatic heterocycles. The van der Waals surface area contributed by atoms with Gasteiger partial charge in [-0.2, -0.15) is 5.26 Å². The summed E-state index contributed by atoms with van der Waals surface area (Å²) in [4.78, 5) is 16.4. The zero-order chi connectivity index (χ0) is 14.5. The van der Waals surface area contributed by atoms with Crippen LogP contribution in [0.1, 0.15) is 33.1 Å². The molecule has 1 heterocycles. The molecular weight excluding hydrogens is 250 g/mol. The van der Waals surface area contributed by atoms with Gasteiger partial charge in [-0.25, -0.2) is 0 Å². The molecule has 0 aromatic heterocycles. The fourth-order valence-electron chi connectivity index (χ4n) is 3.12. The zero-order valence-electron chi connectivity index (χ0n) is 12.6. The molecule has 4 heteroatoms. The average molecular weight is 275 g/mol. The van der Waals surface area contributed by atoms with E-state index in [1.54, 1.807) is 0 Å². The third-order valence-electron chi connectivity index (χ3n) is 4.37. The van der Waals surface area contributed by atoms with Crippen molar-refractivity contribution in [3.8, 4) is 6.07 Å². The van der Waals surface area contributed by atoms with E-state index < -0.39 is 0 Å². The van der Waals surface area contributed by atoms with E-state index in [1.807, 2.05) is 4.90 Å². The Labute approximate surface area is 122 Å². The van der Waals surface area contributed by atoms with Gasteiger partial charge >= 0.3 is 0 Å². The largest absolute Gasteiger partial charge is 0.340 e. The number of piperazine rings is 1. The maximum absolute atomic E-state index is 12.2. The summed E-state index contributed by atoms with van der Waals surface area (Å²) in [5.41, 5.74) is 0. The number of hydrogen-bond donors (Lipinski definition) is 0.